The van der Waals surface area contributed by atoms with E-state index in [1.165, 1.54) is 13.2 Å². The molecule has 90 valence electrons. The summed E-state index contributed by atoms with van der Waals surface area (Å²) in [7, 11) is 1.18. The zero-order chi connectivity index (χ0) is 13.0. The zero-order valence-corrected chi connectivity index (χ0v) is 8.78. The van der Waals surface area contributed by atoms with Gasteiger partial charge >= 0.3 is 11.7 Å². The summed E-state index contributed by atoms with van der Waals surface area (Å²) in [4.78, 5) is 20.5. The van der Waals surface area contributed by atoms with Gasteiger partial charge in [-0.05, 0) is 17.7 Å². The number of phenolic OH excluding ortho intramolecular Hbond substituents is 2. The fourth-order valence-electron chi connectivity index (χ4n) is 1.09. The van der Waals surface area contributed by atoms with Gasteiger partial charge in [0.2, 0.25) is 5.75 Å². The number of esters is 1. The molecule has 0 bridgehead atoms. The minimum absolute atomic E-state index is 0.192. The molecule has 0 heterocycles. The lowest BCUT2D eigenvalue weighted by molar-refractivity contribution is -0.386. The van der Waals surface area contributed by atoms with E-state index in [1.807, 2.05) is 0 Å². The van der Waals surface area contributed by atoms with Gasteiger partial charge in [-0.3, -0.25) is 10.1 Å². The highest BCUT2D eigenvalue weighted by atomic mass is 16.6. The van der Waals surface area contributed by atoms with Crippen LogP contribution in [0.5, 0.6) is 11.5 Å². The van der Waals surface area contributed by atoms with Crippen LogP contribution >= 0.6 is 0 Å². The van der Waals surface area contributed by atoms with Crippen molar-refractivity contribution in [2.75, 3.05) is 7.11 Å². The van der Waals surface area contributed by atoms with Crippen molar-refractivity contribution < 1.29 is 24.7 Å². The summed E-state index contributed by atoms with van der Waals surface area (Å²) in [6.07, 6.45) is 2.26. The highest BCUT2D eigenvalue weighted by Crippen LogP contribution is 2.36. The average Bonchev–Trinajstić information content (AvgIpc) is 2.29. The Morgan fingerprint density at radius 2 is 2.12 bits per heavy atom. The van der Waals surface area contributed by atoms with Crippen LogP contribution in [0, 0.1) is 10.1 Å². The quantitative estimate of drug-likeness (QED) is 0.269. The summed E-state index contributed by atoms with van der Waals surface area (Å²) >= 11 is 0. The van der Waals surface area contributed by atoms with Gasteiger partial charge in [-0.15, -0.1) is 0 Å². The lowest BCUT2D eigenvalue weighted by Gasteiger charge is -2.00. The second-order valence-corrected chi connectivity index (χ2v) is 3.02. The molecule has 0 saturated carbocycles. The first kappa shape index (κ1) is 12.5. The van der Waals surface area contributed by atoms with Gasteiger partial charge in [-0.2, -0.15) is 0 Å². The van der Waals surface area contributed by atoms with Crippen LogP contribution in [0.4, 0.5) is 5.69 Å². The van der Waals surface area contributed by atoms with Crippen LogP contribution in [0.2, 0.25) is 0 Å². The third-order valence-corrected chi connectivity index (χ3v) is 1.90. The second kappa shape index (κ2) is 4.97. The summed E-state index contributed by atoms with van der Waals surface area (Å²) in [6.45, 7) is 0. The van der Waals surface area contributed by atoms with Gasteiger partial charge < -0.3 is 14.9 Å². The molecule has 1 aromatic carbocycles. The second-order valence-electron chi connectivity index (χ2n) is 3.02. The van der Waals surface area contributed by atoms with Crippen molar-refractivity contribution in [1.29, 1.82) is 0 Å². The number of benzene rings is 1. The van der Waals surface area contributed by atoms with Crippen molar-refractivity contribution in [2.45, 2.75) is 0 Å². The molecule has 0 atom stereocenters. The number of rotatable bonds is 3. The summed E-state index contributed by atoms with van der Waals surface area (Å²) in [5.74, 6) is -2.09. The molecule has 1 aromatic rings. The Kier molecular flexibility index (Phi) is 3.66. The summed E-state index contributed by atoms with van der Waals surface area (Å²) in [5, 5.41) is 29.0. The van der Waals surface area contributed by atoms with Crippen molar-refractivity contribution >= 4 is 17.7 Å². The molecule has 0 aliphatic rings. The number of hydrogen-bond acceptors (Lipinski definition) is 6. The third-order valence-electron chi connectivity index (χ3n) is 1.90. The third kappa shape index (κ3) is 2.94. The number of methoxy groups -OCH3 is 1. The van der Waals surface area contributed by atoms with Gasteiger partial charge in [-0.25, -0.2) is 4.79 Å². The summed E-state index contributed by atoms with van der Waals surface area (Å²) < 4.78 is 4.33. The molecule has 0 aliphatic heterocycles. The molecule has 0 amide bonds. The van der Waals surface area contributed by atoms with E-state index in [9.17, 15) is 25.1 Å². The van der Waals surface area contributed by atoms with Gasteiger partial charge in [0.05, 0.1) is 12.0 Å². The normalized spacial score (nSPS) is 10.4. The summed E-state index contributed by atoms with van der Waals surface area (Å²) in [6, 6.07) is 2.11. The van der Waals surface area contributed by atoms with Crippen LogP contribution in [0.15, 0.2) is 18.2 Å². The number of phenols is 2. The zero-order valence-electron chi connectivity index (χ0n) is 8.78. The van der Waals surface area contributed by atoms with Crippen LogP contribution in [0.1, 0.15) is 5.56 Å². The monoisotopic (exact) mass is 239 g/mol. The molecule has 0 spiro atoms. The molecule has 0 unspecified atom stereocenters. The topological polar surface area (TPSA) is 110 Å². The van der Waals surface area contributed by atoms with E-state index in [4.69, 9.17) is 0 Å². The first-order chi connectivity index (χ1) is 7.95. The van der Waals surface area contributed by atoms with Crippen molar-refractivity contribution in [3.63, 3.8) is 0 Å². The first-order valence-corrected chi connectivity index (χ1v) is 4.42. The highest BCUT2D eigenvalue weighted by Gasteiger charge is 2.17. The fourth-order valence-corrected chi connectivity index (χ4v) is 1.09. The van der Waals surface area contributed by atoms with Crippen LogP contribution in [-0.2, 0) is 9.53 Å². The highest BCUT2D eigenvalue weighted by molar-refractivity contribution is 5.87. The number of carbonyl (C=O) groups excluding carboxylic acids is 1. The smallest absolute Gasteiger partial charge is 0.330 e. The molecule has 0 fully saturated rings. The van der Waals surface area contributed by atoms with E-state index in [0.717, 1.165) is 18.2 Å². The van der Waals surface area contributed by atoms with Gasteiger partial charge in [0.15, 0.2) is 5.75 Å². The van der Waals surface area contributed by atoms with Gasteiger partial charge in [0, 0.05) is 12.1 Å². The predicted molar refractivity (Wildman–Crippen MR) is 57.5 cm³/mol. The molecule has 0 aliphatic carbocycles. The molecule has 17 heavy (non-hydrogen) atoms. The largest absolute Gasteiger partial charge is 0.504 e. The molecule has 0 radical (unpaired) electrons. The SMILES string of the molecule is COC(=O)/C=C/c1cc(O)c(O)c([N+](=O)[O-])c1. The Hall–Kier alpha value is -2.57. The maximum atomic E-state index is 10.8. The first-order valence-electron chi connectivity index (χ1n) is 4.42. The molecule has 2 N–H and O–H groups in total. The lowest BCUT2D eigenvalue weighted by atomic mass is 10.1. The van der Waals surface area contributed by atoms with Crippen molar-refractivity contribution in [1.82, 2.24) is 0 Å². The molecule has 7 nitrogen and oxygen atoms in total. The minimum Gasteiger partial charge on any atom is -0.504 e. The van der Waals surface area contributed by atoms with Gasteiger partial charge in [0.25, 0.3) is 0 Å². The summed E-state index contributed by atoms with van der Waals surface area (Å²) in [5.41, 5.74) is -0.452. The van der Waals surface area contributed by atoms with Crippen molar-refractivity contribution in [3.05, 3.63) is 33.9 Å². The fraction of sp³-hybridized carbons (Fsp3) is 0.100. The number of nitro groups is 1. The van der Waals surface area contributed by atoms with E-state index in [2.05, 4.69) is 4.74 Å². The predicted octanol–water partition coefficient (Wildman–Crippen LogP) is 1.19. The number of aromatic hydroxyl groups is 2. The molecular weight excluding hydrogens is 230 g/mol. The molecule has 0 saturated heterocycles. The van der Waals surface area contributed by atoms with Crippen molar-refractivity contribution in [2.24, 2.45) is 0 Å². The van der Waals surface area contributed by atoms with Gasteiger partial charge in [-0.1, -0.05) is 0 Å². The molecule has 1 rings (SSSR count). The standard InChI is InChI=1S/C10H9NO6/c1-17-9(13)3-2-6-4-7(11(15)16)10(14)8(12)5-6/h2-5,12,14H,1H3/b3-2+. The Labute approximate surface area is 95.7 Å². The van der Waals surface area contributed by atoms with E-state index in [1.54, 1.807) is 0 Å². The van der Waals surface area contributed by atoms with Crippen LogP contribution in [0.25, 0.3) is 6.08 Å². The van der Waals surface area contributed by atoms with Crippen LogP contribution in [0.3, 0.4) is 0 Å². The minimum atomic E-state index is -0.843. The van der Waals surface area contributed by atoms with E-state index >= 15 is 0 Å². The van der Waals surface area contributed by atoms with Crippen molar-refractivity contribution in [3.8, 4) is 11.5 Å². The van der Waals surface area contributed by atoms with Gasteiger partial charge in [0.1, 0.15) is 0 Å². The molecule has 0 aromatic heterocycles. The number of ether oxygens (including phenoxy) is 1. The number of carbonyl (C=O) groups is 1. The van der Waals surface area contributed by atoms with Crippen LogP contribution in [-0.4, -0.2) is 28.2 Å². The molecule has 7 heteroatoms. The van der Waals surface area contributed by atoms with Crippen LogP contribution < -0.4 is 0 Å². The Morgan fingerprint density at radius 1 is 1.47 bits per heavy atom. The van der Waals surface area contributed by atoms with E-state index in [0.29, 0.717) is 0 Å². The van der Waals surface area contributed by atoms with E-state index < -0.39 is 28.1 Å². The lowest BCUT2D eigenvalue weighted by Crippen LogP contribution is -1.94. The Bertz CT molecular complexity index is 494. The Balaban J connectivity index is 3.15. The number of hydrogen-bond donors (Lipinski definition) is 2. The maximum absolute atomic E-state index is 10.8. The number of nitro benzene ring substituents is 1. The maximum Gasteiger partial charge on any atom is 0.330 e. The van der Waals surface area contributed by atoms with E-state index in [-0.39, 0.29) is 5.56 Å². The molecular formula is C10H9NO6. The average molecular weight is 239 g/mol. The number of nitrogens with zero attached hydrogens (tertiary/aromatic N) is 1. The Morgan fingerprint density at radius 3 is 2.65 bits per heavy atom.